The van der Waals surface area contributed by atoms with E-state index in [1.807, 2.05) is 42.6 Å². The minimum Gasteiger partial charge on any atom is -0.379 e. The maximum absolute atomic E-state index is 13.1. The highest BCUT2D eigenvalue weighted by Crippen LogP contribution is 2.35. The van der Waals surface area contributed by atoms with Gasteiger partial charge in [0.2, 0.25) is 10.0 Å². The van der Waals surface area contributed by atoms with E-state index >= 15 is 0 Å². The van der Waals surface area contributed by atoms with Crippen molar-refractivity contribution in [2.75, 3.05) is 32.8 Å². The fourth-order valence-corrected chi connectivity index (χ4v) is 7.01. The Hall–Kier alpha value is -2.83. The summed E-state index contributed by atoms with van der Waals surface area (Å²) < 4.78 is 35.2. The molecule has 0 N–H and O–H groups in total. The third kappa shape index (κ3) is 5.48. The quantitative estimate of drug-likeness (QED) is 0.291. The maximum atomic E-state index is 13.1. The van der Waals surface area contributed by atoms with E-state index < -0.39 is 10.0 Å². The molecule has 2 fully saturated rings. The van der Waals surface area contributed by atoms with Crippen molar-refractivity contribution < 1.29 is 17.9 Å². The van der Waals surface area contributed by atoms with Gasteiger partial charge < -0.3 is 4.74 Å². The van der Waals surface area contributed by atoms with Crippen LogP contribution in [-0.2, 0) is 19.6 Å². The number of nitrogens with zero attached hydrogens (tertiary/aromatic N) is 4. The van der Waals surface area contributed by atoms with Crippen molar-refractivity contribution in [2.45, 2.75) is 24.7 Å². The first-order valence-corrected chi connectivity index (χ1v) is 15.1. The fraction of sp³-hybridized carbons (Fsp3) is 0.296. The summed E-state index contributed by atoms with van der Waals surface area (Å²) in [4.78, 5) is 15.5. The highest BCUT2D eigenvalue weighted by Gasteiger charge is 2.32. The molecule has 2 aliphatic rings. The molecule has 2 aromatic carbocycles. The van der Waals surface area contributed by atoms with E-state index in [0.29, 0.717) is 47.8 Å². The second-order valence-corrected chi connectivity index (χ2v) is 12.6. The molecule has 198 valence electrons. The molecule has 1 aromatic heterocycles. The Labute approximate surface area is 232 Å². The first-order chi connectivity index (χ1) is 18.4. The third-order valence-corrected chi connectivity index (χ3v) is 9.68. The molecule has 38 heavy (non-hydrogen) atoms. The van der Waals surface area contributed by atoms with Crippen molar-refractivity contribution >= 4 is 50.3 Å². The Balaban J connectivity index is 1.51. The zero-order valence-electron chi connectivity index (χ0n) is 20.9. The number of para-hydroxylation sites is 1. The van der Waals surface area contributed by atoms with E-state index in [0.717, 1.165) is 29.7 Å². The first kappa shape index (κ1) is 26.8. The summed E-state index contributed by atoms with van der Waals surface area (Å²) >= 11 is 6.77. The van der Waals surface area contributed by atoms with Crippen LogP contribution in [-0.4, -0.2) is 70.5 Å². The summed E-state index contributed by atoms with van der Waals surface area (Å²) in [5, 5.41) is 4.82. The van der Waals surface area contributed by atoms with Crippen LogP contribution in [0, 0.1) is 0 Å². The Bertz CT molecular complexity index is 1460. The monoisotopic (exact) mass is 568 g/mol. The number of unbranched alkanes of at least 4 members (excludes halogenated alkanes) is 1. The molecule has 8 nitrogen and oxygen atoms in total. The fourth-order valence-electron chi connectivity index (χ4n) is 4.30. The molecule has 0 atom stereocenters. The van der Waals surface area contributed by atoms with Crippen LogP contribution in [0.1, 0.15) is 25.3 Å². The minimum atomic E-state index is -3.61. The molecule has 3 heterocycles. The average Bonchev–Trinajstić information content (AvgIpc) is 3.48. The smallest absolute Gasteiger partial charge is 0.266 e. The Morgan fingerprint density at radius 3 is 2.47 bits per heavy atom. The molecular formula is C27H28N4O4S3. The molecule has 2 saturated heterocycles. The van der Waals surface area contributed by atoms with Gasteiger partial charge in [-0.1, -0.05) is 67.7 Å². The number of hydrogen-bond donors (Lipinski definition) is 0. The summed E-state index contributed by atoms with van der Waals surface area (Å²) in [6.45, 7) is 4.14. The van der Waals surface area contributed by atoms with E-state index in [4.69, 9.17) is 22.1 Å². The number of carbonyl (C=O) groups is 1. The van der Waals surface area contributed by atoms with Gasteiger partial charge in [0, 0.05) is 37.0 Å². The summed E-state index contributed by atoms with van der Waals surface area (Å²) in [7, 11) is -3.61. The van der Waals surface area contributed by atoms with Crippen LogP contribution in [0.3, 0.4) is 0 Å². The minimum absolute atomic E-state index is 0.0983. The molecule has 5 rings (SSSR count). The molecule has 0 aliphatic carbocycles. The molecular weight excluding hydrogens is 541 g/mol. The zero-order valence-corrected chi connectivity index (χ0v) is 23.4. The Morgan fingerprint density at radius 1 is 1.08 bits per heavy atom. The van der Waals surface area contributed by atoms with Gasteiger partial charge in [-0.2, -0.15) is 9.40 Å². The van der Waals surface area contributed by atoms with Gasteiger partial charge >= 0.3 is 0 Å². The SMILES string of the molecule is CCCCN1C(=O)/C(=C/c2cn(-c3ccccc3)nc2-c2ccc(S(=O)(=O)N3CCOCC3)cc2)SC1=S. The van der Waals surface area contributed by atoms with E-state index in [1.165, 1.54) is 16.1 Å². The molecule has 0 unspecified atom stereocenters. The molecule has 3 aromatic rings. The van der Waals surface area contributed by atoms with Crippen LogP contribution < -0.4 is 0 Å². The van der Waals surface area contributed by atoms with E-state index in [1.54, 1.807) is 33.8 Å². The molecule has 1 amide bonds. The van der Waals surface area contributed by atoms with Gasteiger partial charge in [0.05, 0.1) is 34.4 Å². The van der Waals surface area contributed by atoms with Crippen LogP contribution >= 0.6 is 24.0 Å². The van der Waals surface area contributed by atoms with Gasteiger partial charge in [-0.3, -0.25) is 9.69 Å². The standard InChI is InChI=1S/C27H28N4O4S3/c1-2-3-13-30-26(32)24(37-27(30)36)18-21-19-31(22-7-5-4-6-8-22)28-25(21)20-9-11-23(12-10-20)38(33,34)29-14-16-35-17-15-29/h4-12,18-19H,2-3,13-17H2,1H3/b24-18-. The molecule has 11 heteroatoms. The number of benzene rings is 2. The number of aromatic nitrogens is 2. The van der Waals surface area contributed by atoms with Crippen molar-refractivity contribution in [3.63, 3.8) is 0 Å². The number of thiocarbonyl (C=S) groups is 1. The second-order valence-electron chi connectivity index (χ2n) is 8.94. The lowest BCUT2D eigenvalue weighted by Crippen LogP contribution is -2.40. The summed E-state index contributed by atoms with van der Waals surface area (Å²) in [6, 6.07) is 16.4. The topological polar surface area (TPSA) is 84.7 Å². The number of thioether (sulfide) groups is 1. The second kappa shape index (κ2) is 11.5. The van der Waals surface area contributed by atoms with Gasteiger partial charge in [0.15, 0.2) is 0 Å². The van der Waals surface area contributed by atoms with Crippen molar-refractivity contribution in [2.24, 2.45) is 0 Å². The predicted octanol–water partition coefficient (Wildman–Crippen LogP) is 4.56. The van der Waals surface area contributed by atoms with Crippen molar-refractivity contribution in [3.8, 4) is 16.9 Å². The van der Waals surface area contributed by atoms with E-state index in [9.17, 15) is 13.2 Å². The zero-order chi connectivity index (χ0) is 26.7. The molecule has 2 aliphatic heterocycles. The largest absolute Gasteiger partial charge is 0.379 e. The number of morpholine rings is 1. The molecule has 0 spiro atoms. The highest BCUT2D eigenvalue weighted by atomic mass is 32.2. The number of ether oxygens (including phenoxy) is 1. The van der Waals surface area contributed by atoms with Crippen molar-refractivity contribution in [1.82, 2.24) is 19.0 Å². The van der Waals surface area contributed by atoms with Crippen LogP contribution in [0.15, 0.2) is 70.6 Å². The first-order valence-electron chi connectivity index (χ1n) is 12.5. The Morgan fingerprint density at radius 2 is 1.79 bits per heavy atom. The summed E-state index contributed by atoms with van der Waals surface area (Å²) in [5.41, 5.74) is 3.00. The van der Waals surface area contributed by atoms with Crippen LogP contribution in [0.5, 0.6) is 0 Å². The number of rotatable bonds is 8. The van der Waals surface area contributed by atoms with Gasteiger partial charge in [-0.05, 0) is 36.8 Å². The van der Waals surface area contributed by atoms with Crippen LogP contribution in [0.2, 0.25) is 0 Å². The van der Waals surface area contributed by atoms with Crippen LogP contribution in [0.4, 0.5) is 0 Å². The summed E-state index contributed by atoms with van der Waals surface area (Å²) in [5.74, 6) is -0.0983. The lowest BCUT2D eigenvalue weighted by molar-refractivity contribution is -0.122. The normalized spacial score (nSPS) is 18.0. The van der Waals surface area contributed by atoms with E-state index in [-0.39, 0.29) is 10.8 Å². The number of hydrogen-bond acceptors (Lipinski definition) is 7. The lowest BCUT2D eigenvalue weighted by Gasteiger charge is -2.26. The van der Waals surface area contributed by atoms with Gasteiger partial charge in [-0.15, -0.1) is 0 Å². The number of amides is 1. The van der Waals surface area contributed by atoms with Crippen molar-refractivity contribution in [3.05, 3.63) is 71.3 Å². The van der Waals surface area contributed by atoms with Gasteiger partial charge in [-0.25, -0.2) is 13.1 Å². The van der Waals surface area contributed by atoms with Gasteiger partial charge in [0.1, 0.15) is 4.32 Å². The molecule has 0 radical (unpaired) electrons. The predicted molar refractivity (Wildman–Crippen MR) is 153 cm³/mol. The average molecular weight is 569 g/mol. The molecule has 0 saturated carbocycles. The summed E-state index contributed by atoms with van der Waals surface area (Å²) in [6.07, 6.45) is 5.56. The lowest BCUT2D eigenvalue weighted by atomic mass is 10.1. The number of sulfonamides is 1. The van der Waals surface area contributed by atoms with Crippen molar-refractivity contribution in [1.29, 1.82) is 0 Å². The van der Waals surface area contributed by atoms with Gasteiger partial charge in [0.25, 0.3) is 5.91 Å². The Kier molecular flexibility index (Phi) is 8.10. The maximum Gasteiger partial charge on any atom is 0.266 e. The van der Waals surface area contributed by atoms with E-state index in [2.05, 4.69) is 6.92 Å². The molecule has 0 bridgehead atoms. The third-order valence-electron chi connectivity index (χ3n) is 6.39. The highest BCUT2D eigenvalue weighted by molar-refractivity contribution is 8.26. The van der Waals surface area contributed by atoms with Crippen LogP contribution in [0.25, 0.3) is 23.0 Å². The number of carbonyl (C=O) groups excluding carboxylic acids is 1.